The molecular weight excluding hydrogens is 324 g/mol. The highest BCUT2D eigenvalue weighted by molar-refractivity contribution is 5.66. The van der Waals surface area contributed by atoms with E-state index in [1.165, 1.54) is 11.1 Å². The second-order valence-corrected chi connectivity index (χ2v) is 7.01. The van der Waals surface area contributed by atoms with Gasteiger partial charge in [-0.05, 0) is 43.6 Å². The third-order valence-corrected chi connectivity index (χ3v) is 5.17. The highest BCUT2D eigenvalue weighted by Gasteiger charge is 2.18. The molecule has 3 rings (SSSR count). The first kappa shape index (κ1) is 18.6. The Kier molecular flexibility index (Phi) is 6.81. The van der Waals surface area contributed by atoms with Crippen molar-refractivity contribution in [3.05, 3.63) is 71.8 Å². The topological polar surface area (TPSA) is 46.6 Å². The molecule has 2 aromatic rings. The molecule has 0 amide bonds. The fourth-order valence-electron chi connectivity index (χ4n) is 3.80. The van der Waals surface area contributed by atoms with Crippen LogP contribution < -0.4 is 5.11 Å². The van der Waals surface area contributed by atoms with Gasteiger partial charge in [-0.2, -0.15) is 0 Å². The molecule has 1 fully saturated rings. The Balaban J connectivity index is 1.62. The number of hydrogen-bond acceptors (Lipinski definition) is 4. The minimum Gasteiger partial charge on any atom is -0.549 e. The summed E-state index contributed by atoms with van der Waals surface area (Å²) in [5, 5.41) is 10.8. The average Bonchev–Trinajstić information content (AvgIpc) is 2.88. The van der Waals surface area contributed by atoms with E-state index in [1.54, 1.807) is 0 Å². The molecule has 1 heterocycles. The lowest BCUT2D eigenvalue weighted by Gasteiger charge is -2.25. The van der Waals surface area contributed by atoms with Crippen LogP contribution in [0.15, 0.2) is 60.7 Å². The van der Waals surface area contributed by atoms with Crippen molar-refractivity contribution < 1.29 is 9.90 Å². The molecule has 1 aliphatic heterocycles. The van der Waals surface area contributed by atoms with Gasteiger partial charge in [0.1, 0.15) is 0 Å². The summed E-state index contributed by atoms with van der Waals surface area (Å²) >= 11 is 0. The summed E-state index contributed by atoms with van der Waals surface area (Å²) < 4.78 is 0. The van der Waals surface area contributed by atoms with Crippen molar-refractivity contribution in [3.8, 4) is 0 Å². The van der Waals surface area contributed by atoms with Crippen LogP contribution in [0.1, 0.15) is 29.9 Å². The molecular formula is C22H27N2O2-. The van der Waals surface area contributed by atoms with Gasteiger partial charge in [0.15, 0.2) is 0 Å². The third kappa shape index (κ3) is 5.41. The maximum absolute atomic E-state index is 10.8. The molecule has 0 radical (unpaired) electrons. The number of benzene rings is 2. The first-order chi connectivity index (χ1) is 12.7. The number of aliphatic carboxylic acids is 1. The van der Waals surface area contributed by atoms with Gasteiger partial charge in [0, 0.05) is 25.6 Å². The molecule has 2 aromatic carbocycles. The Morgan fingerprint density at radius 2 is 1.38 bits per heavy atom. The molecule has 0 unspecified atom stereocenters. The number of carbonyl (C=O) groups excluding carboxylic acids is 1. The van der Waals surface area contributed by atoms with Crippen LogP contribution in [0.25, 0.3) is 0 Å². The summed E-state index contributed by atoms with van der Waals surface area (Å²) in [4.78, 5) is 15.3. The van der Waals surface area contributed by atoms with Gasteiger partial charge in [-0.25, -0.2) is 0 Å². The standard InChI is InChI=1S/C22H28N2O2/c25-22(26)18-24-14-7-13-23(16-17-24)15-12-21(19-8-3-1-4-9-19)20-10-5-2-6-11-20/h1-6,8-11,21H,7,12-18H2,(H,25,26)/p-1. The zero-order valence-electron chi connectivity index (χ0n) is 15.2. The second-order valence-electron chi connectivity index (χ2n) is 7.01. The fraction of sp³-hybridized carbons (Fsp3) is 0.409. The van der Waals surface area contributed by atoms with Gasteiger partial charge < -0.3 is 14.8 Å². The molecule has 1 aliphatic rings. The lowest BCUT2D eigenvalue weighted by atomic mass is 9.88. The monoisotopic (exact) mass is 351 g/mol. The quantitative estimate of drug-likeness (QED) is 0.765. The summed E-state index contributed by atoms with van der Waals surface area (Å²) in [6.45, 7) is 4.65. The lowest BCUT2D eigenvalue weighted by Crippen LogP contribution is -2.40. The van der Waals surface area contributed by atoms with Crippen LogP contribution in [0.3, 0.4) is 0 Å². The van der Waals surface area contributed by atoms with Crippen LogP contribution in [0.2, 0.25) is 0 Å². The average molecular weight is 351 g/mol. The maximum Gasteiger partial charge on any atom is 0.0555 e. The van der Waals surface area contributed by atoms with Crippen LogP contribution in [0.4, 0.5) is 0 Å². The van der Waals surface area contributed by atoms with E-state index in [-0.39, 0.29) is 6.54 Å². The van der Waals surface area contributed by atoms with Gasteiger partial charge in [-0.3, -0.25) is 4.90 Å². The van der Waals surface area contributed by atoms with Crippen molar-refractivity contribution in [2.75, 3.05) is 39.3 Å². The van der Waals surface area contributed by atoms with Crippen molar-refractivity contribution in [2.45, 2.75) is 18.8 Å². The Hall–Kier alpha value is -2.17. The third-order valence-electron chi connectivity index (χ3n) is 5.17. The van der Waals surface area contributed by atoms with Crippen LogP contribution in [0, 0.1) is 0 Å². The first-order valence-corrected chi connectivity index (χ1v) is 9.47. The zero-order valence-corrected chi connectivity index (χ0v) is 15.2. The molecule has 4 heteroatoms. The summed E-state index contributed by atoms with van der Waals surface area (Å²) in [6, 6.07) is 21.4. The van der Waals surface area contributed by atoms with Crippen molar-refractivity contribution in [2.24, 2.45) is 0 Å². The van der Waals surface area contributed by atoms with Crippen LogP contribution in [-0.2, 0) is 4.79 Å². The smallest absolute Gasteiger partial charge is 0.0555 e. The van der Waals surface area contributed by atoms with E-state index in [0.717, 1.165) is 45.6 Å². The Morgan fingerprint density at radius 3 is 1.96 bits per heavy atom. The van der Waals surface area contributed by atoms with E-state index in [1.807, 2.05) is 4.90 Å². The molecule has 0 bridgehead atoms. The molecule has 0 aliphatic carbocycles. The number of nitrogens with zero attached hydrogens (tertiary/aromatic N) is 2. The second kappa shape index (κ2) is 9.51. The van der Waals surface area contributed by atoms with E-state index < -0.39 is 5.97 Å². The van der Waals surface area contributed by atoms with Crippen molar-refractivity contribution in [1.82, 2.24) is 9.80 Å². The van der Waals surface area contributed by atoms with Gasteiger partial charge in [0.25, 0.3) is 0 Å². The van der Waals surface area contributed by atoms with Gasteiger partial charge >= 0.3 is 0 Å². The molecule has 0 spiro atoms. The van der Waals surface area contributed by atoms with E-state index in [4.69, 9.17) is 0 Å². The first-order valence-electron chi connectivity index (χ1n) is 9.47. The summed E-state index contributed by atoms with van der Waals surface area (Å²) in [5.74, 6) is -0.591. The number of hydrogen-bond donors (Lipinski definition) is 0. The highest BCUT2D eigenvalue weighted by atomic mass is 16.4. The predicted molar refractivity (Wildman–Crippen MR) is 102 cm³/mol. The van der Waals surface area contributed by atoms with Crippen LogP contribution in [-0.4, -0.2) is 55.0 Å². The summed E-state index contributed by atoms with van der Waals surface area (Å²) in [6.07, 6.45) is 2.07. The Labute approximate surface area is 156 Å². The van der Waals surface area contributed by atoms with Gasteiger partial charge in [0.05, 0.1) is 5.97 Å². The number of carbonyl (C=O) groups is 1. The van der Waals surface area contributed by atoms with Crippen LogP contribution >= 0.6 is 0 Å². The summed E-state index contributed by atoms with van der Waals surface area (Å²) in [7, 11) is 0. The highest BCUT2D eigenvalue weighted by Crippen LogP contribution is 2.28. The Morgan fingerprint density at radius 1 is 0.846 bits per heavy atom. The normalized spacial score (nSPS) is 16.5. The Bertz CT molecular complexity index is 636. The SMILES string of the molecule is O=C([O-])CN1CCCN(CCC(c2ccccc2)c2ccccc2)CC1. The number of rotatable bonds is 7. The minimum absolute atomic E-state index is 0.0461. The van der Waals surface area contributed by atoms with Crippen molar-refractivity contribution in [3.63, 3.8) is 0 Å². The predicted octanol–water partition coefficient (Wildman–Crippen LogP) is 1.97. The molecule has 1 saturated heterocycles. The number of carboxylic acid groups (broad SMARTS) is 1. The molecule has 26 heavy (non-hydrogen) atoms. The molecule has 0 N–H and O–H groups in total. The van der Waals surface area contributed by atoms with Crippen molar-refractivity contribution >= 4 is 5.97 Å². The van der Waals surface area contributed by atoms with E-state index in [9.17, 15) is 9.90 Å². The van der Waals surface area contributed by atoms with E-state index >= 15 is 0 Å². The van der Waals surface area contributed by atoms with Crippen molar-refractivity contribution in [1.29, 1.82) is 0 Å². The molecule has 138 valence electrons. The molecule has 0 saturated carbocycles. The van der Waals surface area contributed by atoms with Crippen LogP contribution in [0.5, 0.6) is 0 Å². The van der Waals surface area contributed by atoms with Gasteiger partial charge in [-0.15, -0.1) is 0 Å². The van der Waals surface area contributed by atoms with E-state index in [2.05, 4.69) is 65.6 Å². The number of carboxylic acids is 1. The van der Waals surface area contributed by atoms with Gasteiger partial charge in [-0.1, -0.05) is 60.7 Å². The molecule has 0 aromatic heterocycles. The summed E-state index contributed by atoms with van der Waals surface area (Å²) in [5.41, 5.74) is 2.71. The minimum atomic E-state index is -0.980. The zero-order chi connectivity index (χ0) is 18.2. The van der Waals surface area contributed by atoms with Gasteiger partial charge in [0.2, 0.25) is 0 Å². The molecule has 4 nitrogen and oxygen atoms in total. The molecule has 0 atom stereocenters. The lowest BCUT2D eigenvalue weighted by molar-refractivity contribution is -0.306. The fourth-order valence-corrected chi connectivity index (χ4v) is 3.80. The van der Waals surface area contributed by atoms with E-state index in [0.29, 0.717) is 5.92 Å². The largest absolute Gasteiger partial charge is 0.549 e. The maximum atomic E-state index is 10.8.